The number of para-hydroxylation sites is 1. The first-order chi connectivity index (χ1) is 14.2. The zero-order valence-electron chi connectivity index (χ0n) is 16.1. The summed E-state index contributed by atoms with van der Waals surface area (Å²) in [7, 11) is 1.87. The van der Waals surface area contributed by atoms with E-state index in [0.29, 0.717) is 12.3 Å². The van der Waals surface area contributed by atoms with Crippen molar-refractivity contribution in [2.45, 2.75) is 6.61 Å². The number of nitrogens with one attached hydrogen (secondary N) is 1. The molecular weight excluding hydrogens is 362 g/mol. The van der Waals surface area contributed by atoms with Gasteiger partial charge in [0.2, 0.25) is 0 Å². The molecule has 5 heteroatoms. The Bertz CT molecular complexity index is 1150. The molecule has 1 amide bonds. The second-order valence-corrected chi connectivity index (χ2v) is 6.69. The summed E-state index contributed by atoms with van der Waals surface area (Å²) < 4.78 is 7.63. The van der Waals surface area contributed by atoms with Gasteiger partial charge in [-0.1, -0.05) is 48.5 Å². The van der Waals surface area contributed by atoms with Gasteiger partial charge in [-0.25, -0.2) is 5.43 Å². The van der Waals surface area contributed by atoms with Gasteiger partial charge in [0.1, 0.15) is 18.1 Å². The van der Waals surface area contributed by atoms with E-state index in [0.717, 1.165) is 27.8 Å². The number of aryl methyl sites for hydroxylation is 1. The van der Waals surface area contributed by atoms with Gasteiger partial charge in [0, 0.05) is 18.0 Å². The first-order valence-corrected chi connectivity index (χ1v) is 9.35. The van der Waals surface area contributed by atoms with Crippen molar-refractivity contribution in [3.8, 4) is 5.75 Å². The zero-order valence-corrected chi connectivity index (χ0v) is 16.1. The molecule has 0 atom stereocenters. The lowest BCUT2D eigenvalue weighted by Gasteiger charge is -2.06. The maximum atomic E-state index is 12.4. The van der Waals surface area contributed by atoms with Gasteiger partial charge in [-0.05, 0) is 47.5 Å². The van der Waals surface area contributed by atoms with E-state index in [4.69, 9.17) is 4.74 Å². The van der Waals surface area contributed by atoms with Crippen LogP contribution in [0.25, 0.3) is 10.9 Å². The van der Waals surface area contributed by atoms with E-state index in [1.807, 2.05) is 96.5 Å². The van der Waals surface area contributed by atoms with Crippen molar-refractivity contribution < 1.29 is 9.53 Å². The van der Waals surface area contributed by atoms with Crippen LogP contribution in [0.15, 0.2) is 90.0 Å². The van der Waals surface area contributed by atoms with Crippen LogP contribution in [0.3, 0.4) is 0 Å². The largest absolute Gasteiger partial charge is 0.489 e. The van der Waals surface area contributed by atoms with Crippen LogP contribution in [-0.4, -0.2) is 16.7 Å². The summed E-state index contributed by atoms with van der Waals surface area (Å²) in [5.74, 6) is 0.535. The highest BCUT2D eigenvalue weighted by Crippen LogP contribution is 2.18. The zero-order chi connectivity index (χ0) is 20.1. The third-order valence-electron chi connectivity index (χ3n) is 4.69. The van der Waals surface area contributed by atoms with Gasteiger partial charge in [-0.2, -0.15) is 5.10 Å². The normalized spacial score (nSPS) is 11.1. The topological polar surface area (TPSA) is 55.6 Å². The molecule has 0 aliphatic rings. The SMILES string of the molecule is Cn1c(C(=O)N/N=C/c2ccc(OCc3ccccc3)cc2)cc2ccccc21. The highest BCUT2D eigenvalue weighted by molar-refractivity contribution is 5.99. The van der Waals surface area contributed by atoms with Gasteiger partial charge >= 0.3 is 0 Å². The number of fused-ring (bicyclic) bond motifs is 1. The van der Waals surface area contributed by atoms with Gasteiger partial charge in [-0.15, -0.1) is 0 Å². The molecule has 1 heterocycles. The molecule has 0 fully saturated rings. The first-order valence-electron chi connectivity index (χ1n) is 9.35. The predicted molar refractivity (Wildman–Crippen MR) is 115 cm³/mol. The summed E-state index contributed by atoms with van der Waals surface area (Å²) in [5.41, 5.74) is 6.15. The molecule has 5 nitrogen and oxygen atoms in total. The highest BCUT2D eigenvalue weighted by atomic mass is 16.5. The summed E-state index contributed by atoms with van der Waals surface area (Å²) >= 11 is 0. The molecular formula is C24H21N3O2. The number of ether oxygens (including phenoxy) is 1. The molecule has 0 saturated carbocycles. The fraction of sp³-hybridized carbons (Fsp3) is 0.0833. The minimum atomic E-state index is -0.247. The molecule has 4 rings (SSSR count). The average Bonchev–Trinajstić information content (AvgIpc) is 3.11. The van der Waals surface area contributed by atoms with Gasteiger partial charge in [0.25, 0.3) is 5.91 Å². The van der Waals surface area contributed by atoms with Gasteiger partial charge < -0.3 is 9.30 Å². The fourth-order valence-corrected chi connectivity index (χ4v) is 3.12. The van der Waals surface area contributed by atoms with E-state index in [9.17, 15) is 4.79 Å². The molecule has 1 N–H and O–H groups in total. The molecule has 144 valence electrons. The summed E-state index contributed by atoms with van der Waals surface area (Å²) in [5, 5.41) is 5.10. The second kappa shape index (κ2) is 8.44. The standard InChI is InChI=1S/C24H21N3O2/c1-27-22-10-6-5-9-20(22)15-23(27)24(28)26-25-16-18-11-13-21(14-12-18)29-17-19-7-3-2-4-8-19/h2-16H,17H2,1H3,(H,26,28)/b25-16+. The predicted octanol–water partition coefficient (Wildman–Crippen LogP) is 4.52. The monoisotopic (exact) mass is 383 g/mol. The molecule has 0 bridgehead atoms. The van der Waals surface area contributed by atoms with Crippen molar-refractivity contribution in [2.24, 2.45) is 12.1 Å². The van der Waals surface area contributed by atoms with Crippen molar-refractivity contribution in [1.82, 2.24) is 9.99 Å². The number of nitrogens with zero attached hydrogens (tertiary/aromatic N) is 2. The maximum absolute atomic E-state index is 12.4. The molecule has 0 aliphatic carbocycles. The van der Waals surface area contributed by atoms with Crippen molar-refractivity contribution in [2.75, 3.05) is 0 Å². The Kier molecular flexibility index (Phi) is 5.38. The van der Waals surface area contributed by atoms with Crippen LogP contribution < -0.4 is 10.2 Å². The van der Waals surface area contributed by atoms with E-state index in [1.165, 1.54) is 0 Å². The van der Waals surface area contributed by atoms with E-state index in [1.54, 1.807) is 6.21 Å². The van der Waals surface area contributed by atoms with Gasteiger partial charge in [-0.3, -0.25) is 4.79 Å². The van der Waals surface area contributed by atoms with Crippen LogP contribution in [0.1, 0.15) is 21.6 Å². The number of hydrogen-bond acceptors (Lipinski definition) is 3. The number of hydrogen-bond donors (Lipinski definition) is 1. The number of hydrazone groups is 1. The van der Waals surface area contributed by atoms with Crippen LogP contribution in [-0.2, 0) is 13.7 Å². The molecule has 0 aliphatic heterocycles. The lowest BCUT2D eigenvalue weighted by molar-refractivity contribution is 0.0947. The minimum Gasteiger partial charge on any atom is -0.489 e. The van der Waals surface area contributed by atoms with Crippen molar-refractivity contribution in [3.05, 3.63) is 102 Å². The van der Waals surface area contributed by atoms with E-state index in [-0.39, 0.29) is 5.91 Å². The van der Waals surface area contributed by atoms with Crippen LogP contribution in [0.2, 0.25) is 0 Å². The molecule has 1 aromatic heterocycles. The van der Waals surface area contributed by atoms with Crippen molar-refractivity contribution in [1.29, 1.82) is 0 Å². The number of amides is 1. The third-order valence-corrected chi connectivity index (χ3v) is 4.69. The Morgan fingerprint density at radius 1 is 1.00 bits per heavy atom. The average molecular weight is 383 g/mol. The Balaban J connectivity index is 1.35. The van der Waals surface area contributed by atoms with Crippen LogP contribution in [0.4, 0.5) is 0 Å². The summed E-state index contributed by atoms with van der Waals surface area (Å²) in [4.78, 5) is 12.4. The Hall–Kier alpha value is -3.86. The second-order valence-electron chi connectivity index (χ2n) is 6.69. The van der Waals surface area contributed by atoms with Crippen LogP contribution >= 0.6 is 0 Å². The van der Waals surface area contributed by atoms with Gasteiger partial charge in [0.05, 0.1) is 6.21 Å². The van der Waals surface area contributed by atoms with Crippen molar-refractivity contribution >= 4 is 23.0 Å². The van der Waals surface area contributed by atoms with Gasteiger partial charge in [0.15, 0.2) is 0 Å². The fourth-order valence-electron chi connectivity index (χ4n) is 3.12. The number of rotatable bonds is 6. The number of carbonyl (C=O) groups excluding carboxylic acids is 1. The maximum Gasteiger partial charge on any atom is 0.287 e. The minimum absolute atomic E-state index is 0.247. The molecule has 0 unspecified atom stereocenters. The Morgan fingerprint density at radius 3 is 2.48 bits per heavy atom. The quantitative estimate of drug-likeness (QED) is 0.393. The molecule has 0 spiro atoms. The Morgan fingerprint density at radius 2 is 1.72 bits per heavy atom. The van der Waals surface area contributed by atoms with E-state index >= 15 is 0 Å². The molecule has 3 aromatic carbocycles. The van der Waals surface area contributed by atoms with E-state index < -0.39 is 0 Å². The van der Waals surface area contributed by atoms with Crippen LogP contribution in [0, 0.1) is 0 Å². The first kappa shape index (κ1) is 18.5. The lowest BCUT2D eigenvalue weighted by Crippen LogP contribution is -2.20. The molecule has 4 aromatic rings. The molecule has 0 saturated heterocycles. The Labute approximate surface area is 169 Å². The van der Waals surface area contributed by atoms with Crippen LogP contribution in [0.5, 0.6) is 5.75 Å². The summed E-state index contributed by atoms with van der Waals surface area (Å²) in [6.07, 6.45) is 1.61. The van der Waals surface area contributed by atoms with E-state index in [2.05, 4.69) is 10.5 Å². The third kappa shape index (κ3) is 4.35. The number of aromatic nitrogens is 1. The molecule has 0 radical (unpaired) electrons. The smallest absolute Gasteiger partial charge is 0.287 e. The summed E-state index contributed by atoms with van der Waals surface area (Å²) in [6.45, 7) is 0.523. The summed E-state index contributed by atoms with van der Waals surface area (Å²) in [6, 6.07) is 27.3. The number of benzene rings is 3. The lowest BCUT2D eigenvalue weighted by atomic mass is 10.2. The van der Waals surface area contributed by atoms with Crippen molar-refractivity contribution in [3.63, 3.8) is 0 Å². The highest BCUT2D eigenvalue weighted by Gasteiger charge is 2.12. The number of carbonyl (C=O) groups is 1. The molecule has 29 heavy (non-hydrogen) atoms.